The number of rotatable bonds is 3. The van der Waals surface area contributed by atoms with Crippen molar-refractivity contribution in [3.05, 3.63) is 18.2 Å². The Bertz CT molecular complexity index is 661. The molecule has 2 N–H and O–H groups in total. The molecule has 2 aromatic rings. The van der Waals surface area contributed by atoms with Crippen LogP contribution >= 0.6 is 11.8 Å². The molecule has 5 nitrogen and oxygen atoms in total. The Morgan fingerprint density at radius 2 is 2.18 bits per heavy atom. The van der Waals surface area contributed by atoms with Gasteiger partial charge in [-0.3, -0.25) is 0 Å². The van der Waals surface area contributed by atoms with E-state index in [1.807, 2.05) is 17.7 Å². The summed E-state index contributed by atoms with van der Waals surface area (Å²) in [6.07, 6.45) is 1.94. The molecule has 0 atom stereocenters. The van der Waals surface area contributed by atoms with E-state index in [4.69, 9.17) is 5.14 Å². The van der Waals surface area contributed by atoms with Crippen LogP contribution in [0.4, 0.5) is 0 Å². The van der Waals surface area contributed by atoms with Crippen molar-refractivity contribution < 1.29 is 8.42 Å². The van der Waals surface area contributed by atoms with E-state index < -0.39 is 10.0 Å². The number of sulfonamides is 1. The Kier molecular flexibility index (Phi) is 3.15. The number of nitrogens with zero attached hydrogens (tertiary/aromatic N) is 2. The molecule has 0 fully saturated rings. The lowest BCUT2D eigenvalue weighted by Gasteiger charge is -2.03. The number of aromatic nitrogens is 2. The number of nitrogens with two attached hydrogens (primary N) is 1. The Morgan fingerprint density at radius 1 is 1.47 bits per heavy atom. The number of fused-ring (bicyclic) bond motifs is 1. The molecule has 0 amide bonds. The van der Waals surface area contributed by atoms with Crippen LogP contribution in [0.25, 0.3) is 11.0 Å². The van der Waals surface area contributed by atoms with Gasteiger partial charge < -0.3 is 4.57 Å². The molecular weight excluding hydrogens is 258 g/mol. The zero-order chi connectivity index (χ0) is 12.6. The molecule has 0 unspecified atom stereocenters. The summed E-state index contributed by atoms with van der Waals surface area (Å²) in [7, 11) is -3.67. The first-order valence-electron chi connectivity index (χ1n) is 5.04. The third-order valence-electron chi connectivity index (χ3n) is 2.51. The van der Waals surface area contributed by atoms with Gasteiger partial charge in [-0.1, -0.05) is 11.8 Å². The van der Waals surface area contributed by atoms with E-state index in [1.165, 1.54) is 23.9 Å². The highest BCUT2D eigenvalue weighted by atomic mass is 32.2. The maximum Gasteiger partial charge on any atom is 0.238 e. The van der Waals surface area contributed by atoms with Crippen molar-refractivity contribution in [1.29, 1.82) is 0 Å². The van der Waals surface area contributed by atoms with Gasteiger partial charge >= 0.3 is 0 Å². The summed E-state index contributed by atoms with van der Waals surface area (Å²) in [6, 6.07) is 4.76. The summed E-state index contributed by atoms with van der Waals surface area (Å²) in [6.45, 7) is 2.82. The predicted octanol–water partition coefficient (Wildman–Crippen LogP) is 1.43. The second-order valence-electron chi connectivity index (χ2n) is 3.54. The number of hydrogen-bond acceptors (Lipinski definition) is 4. The van der Waals surface area contributed by atoms with Crippen LogP contribution in [0.2, 0.25) is 0 Å². The Morgan fingerprint density at radius 3 is 2.71 bits per heavy atom. The second-order valence-corrected chi connectivity index (χ2v) is 5.87. The standard InChI is InChI=1S/C10H13N3O2S2/c1-3-13-9-5-4-7(17(11,14)15)6-8(9)12-10(13)16-2/h4-6H,3H2,1-2H3,(H2,11,14,15). The van der Waals surface area contributed by atoms with Crippen molar-refractivity contribution in [3.8, 4) is 0 Å². The van der Waals surface area contributed by atoms with Crippen LogP contribution in [0, 0.1) is 0 Å². The average molecular weight is 271 g/mol. The molecule has 0 saturated heterocycles. The van der Waals surface area contributed by atoms with Gasteiger partial charge in [0.1, 0.15) is 0 Å². The van der Waals surface area contributed by atoms with Gasteiger partial charge in [0, 0.05) is 6.54 Å². The monoisotopic (exact) mass is 271 g/mol. The third-order valence-corrected chi connectivity index (χ3v) is 4.10. The largest absolute Gasteiger partial charge is 0.319 e. The Hall–Kier alpha value is -1.05. The Balaban J connectivity index is 2.72. The lowest BCUT2D eigenvalue weighted by molar-refractivity contribution is 0.598. The van der Waals surface area contributed by atoms with Crippen LogP contribution in [0.5, 0.6) is 0 Å². The van der Waals surface area contributed by atoms with E-state index in [1.54, 1.807) is 6.07 Å². The minimum absolute atomic E-state index is 0.0957. The number of thioether (sulfide) groups is 1. The molecule has 0 aliphatic heterocycles. The van der Waals surface area contributed by atoms with Crippen LogP contribution in [0.3, 0.4) is 0 Å². The summed E-state index contributed by atoms with van der Waals surface area (Å²) >= 11 is 1.53. The first-order chi connectivity index (χ1) is 7.97. The van der Waals surface area contributed by atoms with Crippen LogP contribution < -0.4 is 5.14 Å². The SMILES string of the molecule is CCn1c(SC)nc2cc(S(N)(=O)=O)ccc21. The maximum atomic E-state index is 11.2. The minimum atomic E-state index is -3.67. The smallest absolute Gasteiger partial charge is 0.238 e. The topological polar surface area (TPSA) is 78.0 Å². The van der Waals surface area contributed by atoms with Crippen LogP contribution in [0.15, 0.2) is 28.3 Å². The molecule has 0 aliphatic rings. The molecule has 1 aromatic heterocycles. The minimum Gasteiger partial charge on any atom is -0.319 e. The van der Waals surface area contributed by atoms with E-state index in [-0.39, 0.29) is 4.90 Å². The van der Waals surface area contributed by atoms with Gasteiger partial charge in [0.15, 0.2) is 5.16 Å². The molecule has 0 bridgehead atoms. The van der Waals surface area contributed by atoms with Gasteiger partial charge in [0.05, 0.1) is 15.9 Å². The van der Waals surface area contributed by atoms with E-state index in [0.29, 0.717) is 5.52 Å². The van der Waals surface area contributed by atoms with Crippen LogP contribution in [-0.4, -0.2) is 24.2 Å². The number of hydrogen-bond donors (Lipinski definition) is 1. The highest BCUT2D eigenvalue weighted by Crippen LogP contribution is 2.24. The van der Waals surface area contributed by atoms with Gasteiger partial charge in [-0.05, 0) is 31.4 Å². The summed E-state index contributed by atoms with van der Waals surface area (Å²) in [5.41, 5.74) is 1.58. The number of imidazole rings is 1. The molecule has 1 heterocycles. The molecule has 0 aliphatic carbocycles. The average Bonchev–Trinajstić information content (AvgIpc) is 2.64. The summed E-state index contributed by atoms with van der Waals surface area (Å²) in [5, 5.41) is 5.96. The van der Waals surface area contributed by atoms with Gasteiger partial charge in [-0.15, -0.1) is 0 Å². The fraction of sp³-hybridized carbons (Fsp3) is 0.300. The van der Waals surface area contributed by atoms with Gasteiger partial charge in [-0.25, -0.2) is 18.5 Å². The fourth-order valence-corrected chi connectivity index (χ4v) is 2.90. The van der Waals surface area contributed by atoms with Gasteiger partial charge in [0.25, 0.3) is 0 Å². The van der Waals surface area contributed by atoms with Crippen molar-refractivity contribution >= 4 is 32.8 Å². The summed E-state index contributed by atoms with van der Waals surface area (Å²) in [4.78, 5) is 4.48. The lowest BCUT2D eigenvalue weighted by atomic mass is 10.3. The van der Waals surface area contributed by atoms with E-state index in [9.17, 15) is 8.42 Å². The summed E-state index contributed by atoms with van der Waals surface area (Å²) in [5.74, 6) is 0. The molecule has 17 heavy (non-hydrogen) atoms. The van der Waals surface area contributed by atoms with Gasteiger partial charge in [0.2, 0.25) is 10.0 Å². The van der Waals surface area contributed by atoms with Crippen molar-refractivity contribution in [2.24, 2.45) is 5.14 Å². The molecule has 1 aromatic carbocycles. The second kappa shape index (κ2) is 4.32. The molecule has 0 radical (unpaired) electrons. The molecule has 7 heteroatoms. The highest BCUT2D eigenvalue weighted by Gasteiger charge is 2.13. The highest BCUT2D eigenvalue weighted by molar-refractivity contribution is 7.98. The number of primary sulfonamides is 1. The zero-order valence-electron chi connectivity index (χ0n) is 9.54. The Labute approximate surface area is 104 Å². The third kappa shape index (κ3) is 2.18. The molecule has 92 valence electrons. The molecule has 0 saturated carbocycles. The van der Waals surface area contributed by atoms with Crippen molar-refractivity contribution in [2.75, 3.05) is 6.26 Å². The van der Waals surface area contributed by atoms with Crippen molar-refractivity contribution in [2.45, 2.75) is 23.5 Å². The van der Waals surface area contributed by atoms with E-state index in [0.717, 1.165) is 17.2 Å². The van der Waals surface area contributed by atoms with Crippen molar-refractivity contribution in [3.63, 3.8) is 0 Å². The first-order valence-corrected chi connectivity index (χ1v) is 7.81. The quantitative estimate of drug-likeness (QED) is 0.856. The van der Waals surface area contributed by atoms with Gasteiger partial charge in [-0.2, -0.15) is 0 Å². The number of benzene rings is 1. The normalized spacial score (nSPS) is 12.2. The first kappa shape index (κ1) is 12.4. The summed E-state index contributed by atoms with van der Waals surface area (Å²) < 4.78 is 24.5. The number of aryl methyl sites for hydroxylation is 1. The van der Waals surface area contributed by atoms with E-state index >= 15 is 0 Å². The van der Waals surface area contributed by atoms with Crippen LogP contribution in [0.1, 0.15) is 6.92 Å². The predicted molar refractivity (Wildman–Crippen MR) is 68.6 cm³/mol. The molecule has 0 spiro atoms. The fourth-order valence-electron chi connectivity index (χ4n) is 1.73. The molecule has 2 rings (SSSR count). The van der Waals surface area contributed by atoms with Crippen LogP contribution in [-0.2, 0) is 16.6 Å². The molecular formula is C10H13N3O2S2. The van der Waals surface area contributed by atoms with E-state index in [2.05, 4.69) is 4.98 Å². The maximum absolute atomic E-state index is 11.2. The van der Waals surface area contributed by atoms with Crippen molar-refractivity contribution in [1.82, 2.24) is 9.55 Å². The zero-order valence-corrected chi connectivity index (χ0v) is 11.2. The lowest BCUT2D eigenvalue weighted by Crippen LogP contribution is -2.11.